The molecule has 0 amide bonds. The van der Waals surface area contributed by atoms with Crippen molar-refractivity contribution in [1.82, 2.24) is 4.98 Å². The molecule has 0 radical (unpaired) electrons. The van der Waals surface area contributed by atoms with Gasteiger partial charge >= 0.3 is 0 Å². The molecule has 0 bridgehead atoms. The quantitative estimate of drug-likeness (QED) is 0.423. The third kappa shape index (κ3) is 3.54. The number of aromatic nitrogens is 1. The van der Waals surface area contributed by atoms with Gasteiger partial charge in [0.15, 0.2) is 0 Å². The van der Waals surface area contributed by atoms with Crippen molar-refractivity contribution in [3.05, 3.63) is 66.8 Å². The minimum Gasteiger partial charge on any atom is -0.262 e. The fraction of sp³-hybridized carbons (Fsp3) is 0. The molecule has 0 unspecified atom stereocenters. The largest absolute Gasteiger partial charge is 0.269 e. The van der Waals surface area contributed by atoms with E-state index in [1.165, 1.54) is 12.1 Å². The average molecular weight is 409 g/mol. The van der Waals surface area contributed by atoms with E-state index in [1.54, 1.807) is 30.6 Å². The van der Waals surface area contributed by atoms with Crippen LogP contribution in [-0.2, 0) is 0 Å². The number of non-ortho nitro benzene ring substituents is 1. The van der Waals surface area contributed by atoms with Crippen LogP contribution in [0.25, 0.3) is 11.6 Å². The van der Waals surface area contributed by atoms with E-state index >= 15 is 0 Å². The summed E-state index contributed by atoms with van der Waals surface area (Å²) in [6.07, 6.45) is 4.94. The van der Waals surface area contributed by atoms with E-state index in [1.807, 2.05) is 0 Å². The van der Waals surface area contributed by atoms with Crippen molar-refractivity contribution in [1.29, 1.82) is 5.26 Å². The zero-order chi connectivity index (χ0) is 15.4. The van der Waals surface area contributed by atoms with E-state index in [9.17, 15) is 15.4 Å². The summed E-state index contributed by atoms with van der Waals surface area (Å²) in [6.45, 7) is 0. The lowest BCUT2D eigenvalue weighted by atomic mass is 10.0. The number of rotatable bonds is 3. The summed E-state index contributed by atoms with van der Waals surface area (Å²) < 4.78 is 1.48. The van der Waals surface area contributed by atoms with Crippen LogP contribution in [0.2, 0.25) is 0 Å². The number of benzene rings is 1. The molecule has 0 atom stereocenters. The summed E-state index contributed by atoms with van der Waals surface area (Å²) >= 11 is 6.74. The molecule has 0 fully saturated rings. The van der Waals surface area contributed by atoms with Crippen LogP contribution in [-0.4, -0.2) is 9.91 Å². The number of allylic oxidation sites excluding steroid dienone is 1. The highest BCUT2D eigenvalue weighted by Crippen LogP contribution is 2.29. The van der Waals surface area contributed by atoms with E-state index in [0.717, 1.165) is 14.5 Å². The van der Waals surface area contributed by atoms with Gasteiger partial charge in [-0.05, 0) is 55.6 Å². The highest BCUT2D eigenvalue weighted by Gasteiger charge is 2.09. The molecule has 0 aliphatic carbocycles. The Morgan fingerprint density at radius 3 is 2.29 bits per heavy atom. The summed E-state index contributed by atoms with van der Waals surface area (Å²) in [5.41, 5.74) is 1.78. The molecular weight excluding hydrogens is 402 g/mol. The van der Waals surface area contributed by atoms with E-state index in [2.05, 4.69) is 42.9 Å². The first-order valence-electron chi connectivity index (χ1n) is 5.68. The first-order chi connectivity index (χ1) is 10.0. The topological polar surface area (TPSA) is 79.8 Å². The molecule has 2 aromatic rings. The molecule has 0 spiro atoms. The zero-order valence-corrected chi connectivity index (χ0v) is 13.6. The molecule has 1 heterocycles. The number of hydrogen-bond donors (Lipinski definition) is 0. The number of halogens is 2. The summed E-state index contributed by atoms with van der Waals surface area (Å²) in [4.78, 5) is 14.2. The van der Waals surface area contributed by atoms with Crippen LogP contribution in [0, 0.1) is 21.4 Å². The predicted octanol–water partition coefficient (Wildman–Crippen LogP) is 4.58. The van der Waals surface area contributed by atoms with Gasteiger partial charge in [-0.1, -0.05) is 0 Å². The van der Waals surface area contributed by atoms with Crippen LogP contribution in [0.5, 0.6) is 0 Å². The van der Waals surface area contributed by atoms with Crippen LogP contribution < -0.4 is 0 Å². The predicted molar refractivity (Wildman–Crippen MR) is 86.2 cm³/mol. The number of nitro groups is 1. The highest BCUT2D eigenvalue weighted by molar-refractivity contribution is 9.11. The highest BCUT2D eigenvalue weighted by atomic mass is 79.9. The minimum absolute atomic E-state index is 0.0117. The van der Waals surface area contributed by atoms with E-state index < -0.39 is 4.92 Å². The van der Waals surface area contributed by atoms with Gasteiger partial charge in [-0.3, -0.25) is 15.1 Å². The van der Waals surface area contributed by atoms with Gasteiger partial charge in [0.2, 0.25) is 0 Å². The molecule has 5 nitrogen and oxygen atoms in total. The molecule has 2 rings (SSSR count). The summed E-state index contributed by atoms with van der Waals surface area (Å²) in [7, 11) is 0. The first kappa shape index (κ1) is 15.4. The number of hydrogen-bond acceptors (Lipinski definition) is 4. The maximum Gasteiger partial charge on any atom is 0.269 e. The second kappa shape index (κ2) is 6.61. The molecule has 0 saturated heterocycles. The van der Waals surface area contributed by atoms with E-state index in [0.29, 0.717) is 11.1 Å². The van der Waals surface area contributed by atoms with Crippen LogP contribution in [0.4, 0.5) is 5.69 Å². The average Bonchev–Trinajstić information content (AvgIpc) is 2.47. The molecule has 104 valence electrons. The van der Waals surface area contributed by atoms with Gasteiger partial charge in [0.1, 0.15) is 0 Å². The summed E-state index contributed by atoms with van der Waals surface area (Å²) in [5, 5.41) is 19.9. The van der Waals surface area contributed by atoms with Crippen LogP contribution >= 0.6 is 31.9 Å². The second-order valence-electron chi connectivity index (χ2n) is 3.99. The Kier molecular flexibility index (Phi) is 4.83. The van der Waals surface area contributed by atoms with E-state index in [4.69, 9.17) is 0 Å². The normalized spacial score (nSPS) is 11.0. The lowest BCUT2D eigenvalue weighted by molar-refractivity contribution is -0.384. The number of nitrogens with zero attached hydrogens (tertiary/aromatic N) is 3. The minimum atomic E-state index is -0.477. The molecular formula is C14H7Br2N3O2. The first-order valence-corrected chi connectivity index (χ1v) is 7.27. The molecule has 0 aliphatic rings. The molecule has 1 aromatic heterocycles. The van der Waals surface area contributed by atoms with Crippen molar-refractivity contribution >= 4 is 49.2 Å². The Labute approximate surface area is 137 Å². The van der Waals surface area contributed by atoms with Gasteiger partial charge < -0.3 is 0 Å². The fourth-order valence-electron chi connectivity index (χ4n) is 1.65. The van der Waals surface area contributed by atoms with Crippen molar-refractivity contribution in [2.45, 2.75) is 0 Å². The van der Waals surface area contributed by atoms with Crippen molar-refractivity contribution in [3.63, 3.8) is 0 Å². The number of pyridine rings is 1. The number of nitro benzene ring substituents is 1. The van der Waals surface area contributed by atoms with E-state index in [-0.39, 0.29) is 5.69 Å². The lowest BCUT2D eigenvalue weighted by Crippen LogP contribution is -1.89. The Morgan fingerprint density at radius 1 is 1.24 bits per heavy atom. The molecule has 21 heavy (non-hydrogen) atoms. The standard InChI is InChI=1S/C14H7Br2N3O2/c15-13-7-18-8-14(16)12(13)5-10(6-17)9-1-3-11(4-2-9)19(20)21/h1-5,7-8H. The molecule has 0 saturated carbocycles. The monoisotopic (exact) mass is 407 g/mol. The number of nitriles is 1. The van der Waals surface area contributed by atoms with Crippen LogP contribution in [0.15, 0.2) is 45.6 Å². The van der Waals surface area contributed by atoms with Gasteiger partial charge in [0.05, 0.1) is 16.6 Å². The molecule has 0 N–H and O–H groups in total. The maximum absolute atomic E-state index is 10.6. The van der Waals surface area contributed by atoms with Crippen LogP contribution in [0.1, 0.15) is 11.1 Å². The Bertz CT molecular complexity index is 745. The third-order valence-corrected chi connectivity index (χ3v) is 3.95. The Balaban J connectivity index is 2.47. The summed E-state index contributed by atoms with van der Waals surface area (Å²) in [5.74, 6) is 0. The second-order valence-corrected chi connectivity index (χ2v) is 5.70. The smallest absolute Gasteiger partial charge is 0.262 e. The SMILES string of the molecule is N#CC(=Cc1c(Br)cncc1Br)c1ccc([N+](=O)[O-])cc1. The van der Waals surface area contributed by atoms with Crippen molar-refractivity contribution in [2.24, 2.45) is 0 Å². The van der Waals surface area contributed by atoms with Crippen molar-refractivity contribution in [2.75, 3.05) is 0 Å². The Morgan fingerprint density at radius 2 is 1.81 bits per heavy atom. The van der Waals surface area contributed by atoms with Gasteiger partial charge in [-0.2, -0.15) is 5.26 Å². The zero-order valence-electron chi connectivity index (χ0n) is 10.5. The Hall–Kier alpha value is -2.04. The lowest BCUT2D eigenvalue weighted by Gasteiger charge is -2.03. The van der Waals surface area contributed by atoms with Gasteiger partial charge in [0.25, 0.3) is 5.69 Å². The van der Waals surface area contributed by atoms with Gasteiger partial charge in [-0.25, -0.2) is 0 Å². The molecule has 0 aliphatic heterocycles. The van der Waals surface area contributed by atoms with Gasteiger partial charge in [0, 0.05) is 39.0 Å². The van der Waals surface area contributed by atoms with Crippen LogP contribution in [0.3, 0.4) is 0 Å². The summed E-state index contributed by atoms with van der Waals surface area (Å²) in [6, 6.07) is 7.95. The maximum atomic E-state index is 10.6. The molecule has 1 aromatic carbocycles. The fourth-order valence-corrected chi connectivity index (χ4v) is 2.80. The third-order valence-electron chi connectivity index (χ3n) is 2.69. The van der Waals surface area contributed by atoms with Gasteiger partial charge in [-0.15, -0.1) is 0 Å². The van der Waals surface area contributed by atoms with Crippen molar-refractivity contribution in [3.8, 4) is 6.07 Å². The van der Waals surface area contributed by atoms with Crippen molar-refractivity contribution < 1.29 is 4.92 Å². The molecule has 7 heteroatoms.